The number of carbonyl (C=O) groups is 2. The van der Waals surface area contributed by atoms with Crippen LogP contribution in [-0.2, 0) is 11.0 Å². The van der Waals surface area contributed by atoms with Gasteiger partial charge >= 0.3 is 6.18 Å². The number of hydrogen-bond acceptors (Lipinski definition) is 5. The van der Waals surface area contributed by atoms with E-state index in [9.17, 15) is 27.6 Å². The summed E-state index contributed by atoms with van der Waals surface area (Å²) in [6.07, 6.45) is -3.95. The highest BCUT2D eigenvalue weighted by Gasteiger charge is 2.31. The Balaban J connectivity index is 1.90. The number of amides is 1. The van der Waals surface area contributed by atoms with Gasteiger partial charge in [0.15, 0.2) is 17.3 Å². The van der Waals surface area contributed by atoms with Crippen LogP contribution >= 0.6 is 0 Å². The first-order valence-corrected chi connectivity index (χ1v) is 8.53. The smallest absolute Gasteiger partial charge is 0.417 e. The summed E-state index contributed by atoms with van der Waals surface area (Å²) in [4.78, 5) is 36.8. The van der Waals surface area contributed by atoms with Crippen LogP contribution in [0.4, 0.5) is 18.9 Å². The minimum atomic E-state index is -4.64. The SMILES string of the molecule is COc1cc(C(C)=O)ccc1OCCCC(=O)Nc1cc(C(F)(F)F)c[nH]c1=O. The fraction of sp³-hybridized carbons (Fsp3) is 0.316. The molecule has 0 aliphatic rings. The number of halogens is 3. The van der Waals surface area contributed by atoms with Crippen molar-refractivity contribution in [3.05, 3.63) is 51.9 Å². The summed E-state index contributed by atoms with van der Waals surface area (Å²) in [7, 11) is 1.42. The Labute approximate surface area is 163 Å². The van der Waals surface area contributed by atoms with E-state index in [2.05, 4.69) is 5.32 Å². The molecule has 0 saturated carbocycles. The summed E-state index contributed by atoms with van der Waals surface area (Å²) in [5.41, 5.74) is -1.93. The van der Waals surface area contributed by atoms with Gasteiger partial charge in [-0.15, -0.1) is 0 Å². The summed E-state index contributed by atoms with van der Waals surface area (Å²) in [5.74, 6) is -0.0155. The molecule has 0 saturated heterocycles. The van der Waals surface area contributed by atoms with Crippen LogP contribution in [0.5, 0.6) is 11.5 Å². The number of rotatable bonds is 8. The molecular weight excluding hydrogens is 393 g/mol. The molecule has 2 N–H and O–H groups in total. The van der Waals surface area contributed by atoms with Gasteiger partial charge < -0.3 is 19.8 Å². The van der Waals surface area contributed by atoms with Crippen molar-refractivity contribution in [3.63, 3.8) is 0 Å². The van der Waals surface area contributed by atoms with Gasteiger partial charge in [0, 0.05) is 18.2 Å². The second-order valence-electron chi connectivity index (χ2n) is 6.05. The van der Waals surface area contributed by atoms with Gasteiger partial charge in [-0.2, -0.15) is 13.2 Å². The van der Waals surface area contributed by atoms with Gasteiger partial charge in [-0.25, -0.2) is 0 Å². The van der Waals surface area contributed by atoms with E-state index in [0.717, 1.165) is 0 Å². The Bertz CT molecular complexity index is 954. The summed E-state index contributed by atoms with van der Waals surface area (Å²) in [6, 6.07) is 5.25. The predicted molar refractivity (Wildman–Crippen MR) is 98.4 cm³/mol. The number of H-pyrrole nitrogens is 1. The summed E-state index contributed by atoms with van der Waals surface area (Å²) >= 11 is 0. The van der Waals surface area contributed by atoms with Gasteiger partial charge in [0.2, 0.25) is 5.91 Å². The maximum atomic E-state index is 12.7. The first-order chi connectivity index (χ1) is 13.6. The van der Waals surface area contributed by atoms with Gasteiger partial charge in [-0.3, -0.25) is 14.4 Å². The topological polar surface area (TPSA) is 97.5 Å². The van der Waals surface area contributed by atoms with E-state index in [-0.39, 0.29) is 25.2 Å². The largest absolute Gasteiger partial charge is 0.493 e. The van der Waals surface area contributed by atoms with Crippen molar-refractivity contribution in [2.45, 2.75) is 25.9 Å². The maximum Gasteiger partial charge on any atom is 0.417 e. The van der Waals surface area contributed by atoms with E-state index in [4.69, 9.17) is 9.47 Å². The molecule has 0 fully saturated rings. The number of Topliss-reactive ketones (excluding diaryl/α,β-unsaturated/α-hetero) is 1. The van der Waals surface area contributed by atoms with Crippen LogP contribution in [0.15, 0.2) is 35.3 Å². The molecular formula is C19H19F3N2O5. The lowest BCUT2D eigenvalue weighted by Gasteiger charge is -2.12. The van der Waals surface area contributed by atoms with E-state index >= 15 is 0 Å². The summed E-state index contributed by atoms with van der Waals surface area (Å²) < 4.78 is 48.8. The van der Waals surface area contributed by atoms with E-state index in [1.165, 1.54) is 20.1 Å². The second-order valence-corrected chi connectivity index (χ2v) is 6.05. The van der Waals surface area contributed by atoms with E-state index in [1.54, 1.807) is 12.1 Å². The molecule has 2 aromatic rings. The van der Waals surface area contributed by atoms with Crippen molar-refractivity contribution >= 4 is 17.4 Å². The van der Waals surface area contributed by atoms with Gasteiger partial charge in [-0.1, -0.05) is 0 Å². The van der Waals surface area contributed by atoms with Crippen molar-refractivity contribution in [3.8, 4) is 11.5 Å². The molecule has 0 aliphatic carbocycles. The Hall–Kier alpha value is -3.30. The molecule has 29 heavy (non-hydrogen) atoms. The first kappa shape index (κ1) is 22.0. The van der Waals surface area contributed by atoms with Crippen LogP contribution in [0, 0.1) is 0 Å². The van der Waals surface area contributed by atoms with Crippen molar-refractivity contribution < 1.29 is 32.2 Å². The molecule has 0 bridgehead atoms. The van der Waals surface area contributed by atoms with E-state index in [1.807, 2.05) is 4.98 Å². The van der Waals surface area contributed by atoms with Crippen LogP contribution in [0.25, 0.3) is 0 Å². The third-order valence-corrected chi connectivity index (χ3v) is 3.88. The molecule has 1 aromatic carbocycles. The Morgan fingerprint density at radius 2 is 1.90 bits per heavy atom. The van der Waals surface area contributed by atoms with E-state index in [0.29, 0.717) is 29.3 Å². The van der Waals surface area contributed by atoms with Crippen molar-refractivity contribution in [2.24, 2.45) is 0 Å². The van der Waals surface area contributed by atoms with Gasteiger partial charge in [0.1, 0.15) is 5.69 Å². The number of ether oxygens (including phenoxy) is 2. The first-order valence-electron chi connectivity index (χ1n) is 8.53. The van der Waals surface area contributed by atoms with E-state index < -0.39 is 28.9 Å². The lowest BCUT2D eigenvalue weighted by Crippen LogP contribution is -2.21. The third kappa shape index (κ3) is 6.09. The molecule has 1 heterocycles. The van der Waals surface area contributed by atoms with Gasteiger partial charge in [0.05, 0.1) is 19.3 Å². The zero-order valence-corrected chi connectivity index (χ0v) is 15.7. The normalized spacial score (nSPS) is 11.1. The predicted octanol–water partition coefficient (Wildman–Crippen LogP) is 3.40. The average Bonchev–Trinajstić information content (AvgIpc) is 2.66. The van der Waals surface area contributed by atoms with Gasteiger partial charge in [-0.05, 0) is 37.6 Å². The van der Waals surface area contributed by atoms with Crippen LogP contribution < -0.4 is 20.3 Å². The summed E-state index contributed by atoms with van der Waals surface area (Å²) in [5, 5.41) is 2.16. The number of anilines is 1. The number of pyridine rings is 1. The number of carbonyl (C=O) groups excluding carboxylic acids is 2. The molecule has 2 rings (SSSR count). The number of aromatic amines is 1. The highest BCUT2D eigenvalue weighted by Crippen LogP contribution is 2.29. The van der Waals surface area contributed by atoms with Crippen LogP contribution in [0.2, 0.25) is 0 Å². The molecule has 1 amide bonds. The lowest BCUT2D eigenvalue weighted by molar-refractivity contribution is -0.137. The average molecular weight is 412 g/mol. The molecule has 7 nitrogen and oxygen atoms in total. The zero-order valence-electron chi connectivity index (χ0n) is 15.7. The number of aromatic nitrogens is 1. The minimum Gasteiger partial charge on any atom is -0.493 e. The monoisotopic (exact) mass is 412 g/mol. The Morgan fingerprint density at radius 1 is 1.17 bits per heavy atom. The summed E-state index contributed by atoms with van der Waals surface area (Å²) in [6.45, 7) is 1.53. The minimum absolute atomic E-state index is 0.0798. The number of benzene rings is 1. The standard InChI is InChI=1S/C19H19F3N2O5/c1-11(25)12-5-6-15(16(8-12)28-2)29-7-3-4-17(26)24-14-9-13(19(20,21)22)10-23-18(14)27/h5-6,8-10H,3-4,7H2,1-2H3,(H,23,27)(H,24,26). The van der Waals surface area contributed by atoms with Crippen molar-refractivity contribution in [1.82, 2.24) is 4.98 Å². The zero-order chi connectivity index (χ0) is 21.6. The number of nitrogens with one attached hydrogen (secondary N) is 2. The molecule has 0 atom stereocenters. The molecule has 0 aliphatic heterocycles. The highest BCUT2D eigenvalue weighted by molar-refractivity contribution is 5.94. The molecule has 0 radical (unpaired) electrons. The number of alkyl halides is 3. The molecule has 156 valence electrons. The highest BCUT2D eigenvalue weighted by atomic mass is 19.4. The van der Waals surface area contributed by atoms with Crippen LogP contribution in [0.1, 0.15) is 35.7 Å². The lowest BCUT2D eigenvalue weighted by atomic mass is 10.1. The van der Waals surface area contributed by atoms with Crippen molar-refractivity contribution in [2.75, 3.05) is 19.0 Å². The second kappa shape index (κ2) is 9.26. The van der Waals surface area contributed by atoms with Crippen LogP contribution in [-0.4, -0.2) is 30.4 Å². The fourth-order valence-corrected chi connectivity index (χ4v) is 2.37. The Morgan fingerprint density at radius 3 is 2.52 bits per heavy atom. The van der Waals surface area contributed by atoms with Crippen molar-refractivity contribution in [1.29, 1.82) is 0 Å². The molecule has 0 spiro atoms. The van der Waals surface area contributed by atoms with Crippen LogP contribution in [0.3, 0.4) is 0 Å². The number of hydrogen-bond donors (Lipinski definition) is 2. The molecule has 0 unspecified atom stereocenters. The molecule has 1 aromatic heterocycles. The quantitative estimate of drug-likeness (QED) is 0.512. The molecule has 10 heteroatoms. The van der Waals surface area contributed by atoms with Gasteiger partial charge in [0.25, 0.3) is 5.56 Å². The fourth-order valence-electron chi connectivity index (χ4n) is 2.37. The third-order valence-electron chi connectivity index (χ3n) is 3.88. The number of methoxy groups -OCH3 is 1. The maximum absolute atomic E-state index is 12.7. The number of ketones is 1. The Kier molecular flexibility index (Phi) is 7.03.